The molecule has 1 aromatic rings. The molecule has 0 saturated carbocycles. The fourth-order valence-electron chi connectivity index (χ4n) is 1.87. The lowest BCUT2D eigenvalue weighted by Gasteiger charge is -2.17. The van der Waals surface area contributed by atoms with Crippen LogP contribution in [0.5, 0.6) is 0 Å². The van der Waals surface area contributed by atoms with Gasteiger partial charge < -0.3 is 10.8 Å². The van der Waals surface area contributed by atoms with Crippen LogP contribution in [0.1, 0.15) is 28.7 Å². The van der Waals surface area contributed by atoms with Gasteiger partial charge in [-0.1, -0.05) is 6.92 Å². The zero-order valence-electron chi connectivity index (χ0n) is 8.04. The minimum atomic E-state index is -1.12. The smallest absolute Gasteiger partial charge is 0.329 e. The molecule has 1 heterocycles. The standard InChI is InChI=1S/C10H13NO2S/c1-2-7-5-6-3-4-10(11,9(12)13)8(6)14-7/h5H,2-4,11H2,1H3,(H,12,13). The Hall–Kier alpha value is -0.870. The van der Waals surface area contributed by atoms with Crippen molar-refractivity contribution in [1.82, 2.24) is 0 Å². The van der Waals surface area contributed by atoms with E-state index in [-0.39, 0.29) is 0 Å². The molecule has 0 aromatic carbocycles. The summed E-state index contributed by atoms with van der Waals surface area (Å²) in [5.41, 5.74) is 5.91. The number of fused-ring (bicyclic) bond motifs is 1. The van der Waals surface area contributed by atoms with Crippen LogP contribution in [0, 0.1) is 0 Å². The average Bonchev–Trinajstić information content (AvgIpc) is 2.67. The van der Waals surface area contributed by atoms with Crippen LogP contribution in [0.25, 0.3) is 0 Å². The Bertz CT molecular complexity index is 385. The lowest BCUT2D eigenvalue weighted by atomic mass is 10.0. The Kier molecular flexibility index (Phi) is 2.12. The van der Waals surface area contributed by atoms with Crippen molar-refractivity contribution in [3.8, 4) is 0 Å². The minimum Gasteiger partial charge on any atom is -0.480 e. The highest BCUT2D eigenvalue weighted by Gasteiger charge is 2.43. The number of rotatable bonds is 2. The van der Waals surface area contributed by atoms with Crippen LogP contribution >= 0.6 is 11.3 Å². The van der Waals surface area contributed by atoms with Crippen molar-refractivity contribution in [3.05, 3.63) is 21.4 Å². The Balaban J connectivity index is 2.47. The normalized spacial score (nSPS) is 25.0. The summed E-state index contributed by atoms with van der Waals surface area (Å²) in [6.45, 7) is 2.07. The summed E-state index contributed by atoms with van der Waals surface area (Å²) in [6.07, 6.45) is 2.29. The summed E-state index contributed by atoms with van der Waals surface area (Å²) in [7, 11) is 0. The van der Waals surface area contributed by atoms with E-state index in [0.29, 0.717) is 6.42 Å². The number of thiophene rings is 1. The number of carbonyl (C=O) groups is 1. The Morgan fingerprint density at radius 2 is 2.50 bits per heavy atom. The van der Waals surface area contributed by atoms with E-state index >= 15 is 0 Å². The maximum Gasteiger partial charge on any atom is 0.329 e. The predicted octanol–water partition coefficient (Wildman–Crippen LogP) is 1.50. The maximum atomic E-state index is 11.1. The van der Waals surface area contributed by atoms with Gasteiger partial charge >= 0.3 is 5.97 Å². The van der Waals surface area contributed by atoms with Gasteiger partial charge in [0.2, 0.25) is 0 Å². The summed E-state index contributed by atoms with van der Waals surface area (Å²) in [6, 6.07) is 2.09. The third-order valence-electron chi connectivity index (χ3n) is 2.78. The number of hydrogen-bond donors (Lipinski definition) is 2. The van der Waals surface area contributed by atoms with Crippen LogP contribution in [0.3, 0.4) is 0 Å². The molecule has 4 heteroatoms. The molecule has 0 aliphatic heterocycles. The molecule has 1 aromatic heterocycles. The first-order valence-corrected chi connectivity index (χ1v) is 5.54. The number of aryl methyl sites for hydroxylation is 2. The number of hydrogen-bond acceptors (Lipinski definition) is 3. The van der Waals surface area contributed by atoms with E-state index in [1.807, 2.05) is 0 Å². The molecule has 1 atom stereocenters. The topological polar surface area (TPSA) is 63.3 Å². The molecular weight excluding hydrogens is 198 g/mol. The highest BCUT2D eigenvalue weighted by molar-refractivity contribution is 7.12. The van der Waals surface area contributed by atoms with Crippen molar-refractivity contribution in [1.29, 1.82) is 0 Å². The van der Waals surface area contributed by atoms with Crippen molar-refractivity contribution in [3.63, 3.8) is 0 Å². The zero-order chi connectivity index (χ0) is 10.3. The van der Waals surface area contributed by atoms with Gasteiger partial charge in [0.05, 0.1) is 0 Å². The third-order valence-corrected chi connectivity index (χ3v) is 4.28. The lowest BCUT2D eigenvalue weighted by molar-refractivity contribution is -0.143. The molecule has 3 N–H and O–H groups in total. The number of nitrogens with two attached hydrogens (primary N) is 1. The van der Waals surface area contributed by atoms with Crippen LogP contribution in [-0.4, -0.2) is 11.1 Å². The molecule has 0 amide bonds. The highest BCUT2D eigenvalue weighted by Crippen LogP contribution is 2.40. The van der Waals surface area contributed by atoms with Crippen molar-refractivity contribution >= 4 is 17.3 Å². The van der Waals surface area contributed by atoms with E-state index in [9.17, 15) is 4.79 Å². The second kappa shape index (κ2) is 3.07. The Labute approximate surface area is 86.6 Å². The number of aliphatic carboxylic acids is 1. The minimum absolute atomic E-state index is 0.535. The summed E-state index contributed by atoms with van der Waals surface area (Å²) in [4.78, 5) is 13.2. The van der Waals surface area contributed by atoms with Gasteiger partial charge in [0.1, 0.15) is 5.54 Å². The second-order valence-corrected chi connectivity index (χ2v) is 4.83. The van der Waals surface area contributed by atoms with Crippen LogP contribution < -0.4 is 5.73 Å². The predicted molar refractivity (Wildman–Crippen MR) is 55.5 cm³/mol. The van der Waals surface area contributed by atoms with Crippen LogP contribution in [0.2, 0.25) is 0 Å². The Morgan fingerprint density at radius 3 is 3.07 bits per heavy atom. The molecule has 0 bridgehead atoms. The van der Waals surface area contributed by atoms with Gasteiger partial charge in [-0.2, -0.15) is 0 Å². The molecule has 14 heavy (non-hydrogen) atoms. The van der Waals surface area contributed by atoms with E-state index in [2.05, 4.69) is 13.0 Å². The number of carboxylic acid groups (broad SMARTS) is 1. The summed E-state index contributed by atoms with van der Waals surface area (Å²) in [5, 5.41) is 9.08. The van der Waals surface area contributed by atoms with Gasteiger partial charge in [-0.25, -0.2) is 4.79 Å². The molecule has 1 aliphatic rings. The van der Waals surface area contributed by atoms with Gasteiger partial charge in [0.15, 0.2) is 0 Å². The van der Waals surface area contributed by atoms with Crippen LogP contribution in [0.4, 0.5) is 0 Å². The molecule has 0 fully saturated rings. The molecule has 2 rings (SSSR count). The quantitative estimate of drug-likeness (QED) is 0.779. The van der Waals surface area contributed by atoms with E-state index in [1.54, 1.807) is 11.3 Å². The molecule has 3 nitrogen and oxygen atoms in total. The van der Waals surface area contributed by atoms with Crippen molar-refractivity contribution in [2.24, 2.45) is 5.73 Å². The molecule has 0 spiro atoms. The van der Waals surface area contributed by atoms with E-state index in [4.69, 9.17) is 10.8 Å². The fraction of sp³-hybridized carbons (Fsp3) is 0.500. The molecule has 1 aliphatic carbocycles. The van der Waals surface area contributed by atoms with E-state index in [0.717, 1.165) is 23.3 Å². The molecule has 1 unspecified atom stereocenters. The van der Waals surface area contributed by atoms with Gasteiger partial charge in [-0.05, 0) is 30.9 Å². The molecule has 76 valence electrons. The monoisotopic (exact) mass is 211 g/mol. The number of carboxylic acids is 1. The first-order valence-electron chi connectivity index (χ1n) is 4.72. The van der Waals surface area contributed by atoms with Gasteiger partial charge in [-0.3, -0.25) is 0 Å². The van der Waals surface area contributed by atoms with Crippen molar-refractivity contribution in [2.75, 3.05) is 0 Å². The highest BCUT2D eigenvalue weighted by atomic mass is 32.1. The van der Waals surface area contributed by atoms with Gasteiger partial charge in [0.25, 0.3) is 0 Å². The summed E-state index contributed by atoms with van der Waals surface area (Å²) >= 11 is 1.55. The van der Waals surface area contributed by atoms with E-state index in [1.165, 1.54) is 4.88 Å². The van der Waals surface area contributed by atoms with Crippen molar-refractivity contribution < 1.29 is 9.90 Å². The Morgan fingerprint density at radius 1 is 1.79 bits per heavy atom. The molecular formula is C10H13NO2S. The lowest BCUT2D eigenvalue weighted by Crippen LogP contribution is -2.42. The van der Waals surface area contributed by atoms with E-state index < -0.39 is 11.5 Å². The average molecular weight is 211 g/mol. The zero-order valence-corrected chi connectivity index (χ0v) is 8.86. The summed E-state index contributed by atoms with van der Waals surface area (Å²) < 4.78 is 0. The first-order chi connectivity index (χ1) is 6.58. The fourth-order valence-corrected chi connectivity index (χ4v) is 3.14. The first kappa shape index (κ1) is 9.68. The van der Waals surface area contributed by atoms with Gasteiger partial charge in [-0.15, -0.1) is 11.3 Å². The van der Waals surface area contributed by atoms with Gasteiger partial charge in [0, 0.05) is 9.75 Å². The molecule has 0 radical (unpaired) electrons. The second-order valence-electron chi connectivity index (χ2n) is 3.70. The van der Waals surface area contributed by atoms with Crippen LogP contribution in [0.15, 0.2) is 6.07 Å². The summed E-state index contributed by atoms with van der Waals surface area (Å²) in [5.74, 6) is -0.902. The maximum absolute atomic E-state index is 11.1. The molecule has 0 saturated heterocycles. The van der Waals surface area contributed by atoms with Crippen LogP contribution in [-0.2, 0) is 23.2 Å². The SMILES string of the molecule is CCc1cc2c(s1)C(N)(C(=O)O)CC2. The largest absolute Gasteiger partial charge is 0.480 e. The third kappa shape index (κ3) is 1.18. The van der Waals surface area contributed by atoms with Crippen molar-refractivity contribution in [2.45, 2.75) is 31.7 Å².